The number of nitrogens with zero attached hydrogens (tertiary/aromatic N) is 2. The molecule has 7 heteroatoms. The molecule has 1 N–H and O–H groups in total. The van der Waals surface area contributed by atoms with E-state index in [2.05, 4.69) is 5.32 Å². The molecule has 0 aliphatic heterocycles. The Morgan fingerprint density at radius 3 is 2.74 bits per heavy atom. The van der Waals surface area contributed by atoms with Crippen LogP contribution in [0.2, 0.25) is 5.02 Å². The van der Waals surface area contributed by atoms with E-state index in [-0.39, 0.29) is 29.5 Å². The topological polar surface area (TPSA) is 82.4 Å². The number of nitrogens with one attached hydrogen (secondary N) is 1. The number of hydrogen-bond donors (Lipinski definition) is 1. The molecular weight excluding hydrogens is 318 g/mol. The molecule has 23 heavy (non-hydrogen) atoms. The number of nitriles is 1. The largest absolute Gasteiger partial charge is 0.468 e. The average Bonchev–Trinajstić information content (AvgIpc) is 3.36. The summed E-state index contributed by atoms with van der Waals surface area (Å²) in [5.74, 6) is -0.598. The molecule has 122 valence electrons. The maximum Gasteiger partial charge on any atom is 0.322 e. The van der Waals surface area contributed by atoms with Crippen LogP contribution in [0.15, 0.2) is 18.2 Å². The van der Waals surface area contributed by atoms with Crippen molar-refractivity contribution in [3.63, 3.8) is 0 Å². The average molecular weight is 336 g/mol. The Morgan fingerprint density at radius 1 is 1.52 bits per heavy atom. The normalized spacial score (nSPS) is 14.9. The zero-order chi connectivity index (χ0) is 17.0. The fraction of sp³-hybridized carbons (Fsp3) is 0.438. The molecule has 1 aliphatic carbocycles. The van der Waals surface area contributed by atoms with Crippen LogP contribution in [0.1, 0.15) is 25.3 Å². The van der Waals surface area contributed by atoms with Gasteiger partial charge in [-0.3, -0.25) is 14.5 Å². The molecule has 0 bridgehead atoms. The standard InChI is InChI=1S/C16H18ClN3O3/c1-10(16(22)23-2)20(13-5-6-13)9-15(21)19-12-4-3-11(8-18)14(17)7-12/h3-4,7,10,13H,5-6,9H2,1-2H3,(H,19,21). The Balaban J connectivity index is 2.01. The van der Waals surface area contributed by atoms with E-state index in [1.54, 1.807) is 19.1 Å². The lowest BCUT2D eigenvalue weighted by atomic mass is 10.2. The fourth-order valence-electron chi connectivity index (χ4n) is 2.34. The SMILES string of the molecule is COC(=O)C(C)N(CC(=O)Nc1ccc(C#N)c(Cl)c1)C1CC1. The second-order valence-electron chi connectivity index (χ2n) is 5.46. The van der Waals surface area contributed by atoms with Crippen LogP contribution in [-0.2, 0) is 14.3 Å². The van der Waals surface area contributed by atoms with Crippen LogP contribution in [-0.4, -0.2) is 42.5 Å². The van der Waals surface area contributed by atoms with Gasteiger partial charge in [0.15, 0.2) is 0 Å². The number of halogens is 1. The Morgan fingerprint density at radius 2 is 2.22 bits per heavy atom. The number of esters is 1. The van der Waals surface area contributed by atoms with Gasteiger partial charge in [0.2, 0.25) is 5.91 Å². The Bertz CT molecular complexity index is 652. The van der Waals surface area contributed by atoms with Gasteiger partial charge in [-0.2, -0.15) is 5.26 Å². The van der Waals surface area contributed by atoms with Crippen LogP contribution >= 0.6 is 11.6 Å². The molecule has 0 saturated heterocycles. The zero-order valence-electron chi connectivity index (χ0n) is 13.0. The number of hydrogen-bond acceptors (Lipinski definition) is 5. The van der Waals surface area contributed by atoms with Gasteiger partial charge in [0, 0.05) is 11.7 Å². The highest BCUT2D eigenvalue weighted by Crippen LogP contribution is 2.29. The summed E-state index contributed by atoms with van der Waals surface area (Å²) >= 11 is 5.94. The first-order valence-corrected chi connectivity index (χ1v) is 7.67. The molecule has 1 aromatic rings. The molecule has 0 aromatic heterocycles. The van der Waals surface area contributed by atoms with Crippen LogP contribution in [0.25, 0.3) is 0 Å². The molecule has 2 rings (SSSR count). The van der Waals surface area contributed by atoms with Gasteiger partial charge in [-0.15, -0.1) is 0 Å². The highest BCUT2D eigenvalue weighted by molar-refractivity contribution is 6.32. The molecule has 1 fully saturated rings. The number of ether oxygens (including phenoxy) is 1. The molecule has 1 unspecified atom stereocenters. The quantitative estimate of drug-likeness (QED) is 0.806. The third-order valence-corrected chi connectivity index (χ3v) is 4.07. The second kappa shape index (κ2) is 7.44. The maximum absolute atomic E-state index is 12.2. The van der Waals surface area contributed by atoms with Crippen molar-refractivity contribution in [1.82, 2.24) is 4.90 Å². The first-order chi connectivity index (χ1) is 11.0. The van der Waals surface area contributed by atoms with Crippen molar-refractivity contribution in [2.45, 2.75) is 31.8 Å². The lowest BCUT2D eigenvalue weighted by Gasteiger charge is -2.26. The lowest BCUT2D eigenvalue weighted by Crippen LogP contribution is -2.45. The minimum Gasteiger partial charge on any atom is -0.468 e. The van der Waals surface area contributed by atoms with Crippen molar-refractivity contribution in [2.75, 3.05) is 19.0 Å². The van der Waals surface area contributed by atoms with Crippen LogP contribution in [0, 0.1) is 11.3 Å². The van der Waals surface area contributed by atoms with Gasteiger partial charge in [-0.1, -0.05) is 11.6 Å². The van der Waals surface area contributed by atoms with Crippen molar-refractivity contribution in [1.29, 1.82) is 5.26 Å². The summed E-state index contributed by atoms with van der Waals surface area (Å²) in [4.78, 5) is 25.8. The number of amides is 1. The van der Waals surface area contributed by atoms with Crippen LogP contribution in [0.5, 0.6) is 0 Å². The summed E-state index contributed by atoms with van der Waals surface area (Å²) < 4.78 is 4.75. The van der Waals surface area contributed by atoms with E-state index in [0.717, 1.165) is 12.8 Å². The minimum atomic E-state index is -0.470. The highest BCUT2D eigenvalue weighted by atomic mass is 35.5. The summed E-state index contributed by atoms with van der Waals surface area (Å²) in [7, 11) is 1.34. The first kappa shape index (κ1) is 17.3. The van der Waals surface area contributed by atoms with Crippen molar-refractivity contribution in [2.24, 2.45) is 0 Å². The van der Waals surface area contributed by atoms with Crippen molar-refractivity contribution in [3.8, 4) is 6.07 Å². The number of methoxy groups -OCH3 is 1. The molecule has 1 aliphatic rings. The molecule has 1 amide bonds. The van der Waals surface area contributed by atoms with Crippen molar-refractivity contribution in [3.05, 3.63) is 28.8 Å². The Hall–Kier alpha value is -2.10. The van der Waals surface area contributed by atoms with E-state index >= 15 is 0 Å². The smallest absolute Gasteiger partial charge is 0.322 e. The monoisotopic (exact) mass is 335 g/mol. The molecular formula is C16H18ClN3O3. The van der Waals surface area contributed by atoms with Gasteiger partial charge in [0.25, 0.3) is 0 Å². The van der Waals surface area contributed by atoms with Gasteiger partial charge >= 0.3 is 5.97 Å². The Labute approximate surface area is 140 Å². The minimum absolute atomic E-state index is 0.0958. The van der Waals surface area contributed by atoms with Gasteiger partial charge in [-0.05, 0) is 38.0 Å². The van der Waals surface area contributed by atoms with E-state index < -0.39 is 6.04 Å². The van der Waals surface area contributed by atoms with Gasteiger partial charge in [-0.25, -0.2) is 0 Å². The highest BCUT2D eigenvalue weighted by Gasteiger charge is 2.36. The summed E-state index contributed by atoms with van der Waals surface area (Å²) in [6, 6.07) is 6.43. The number of rotatable bonds is 6. The van der Waals surface area contributed by atoms with E-state index in [1.165, 1.54) is 13.2 Å². The van der Waals surface area contributed by atoms with Crippen molar-refractivity contribution >= 4 is 29.2 Å². The van der Waals surface area contributed by atoms with Crippen LogP contribution < -0.4 is 5.32 Å². The van der Waals surface area contributed by atoms with Gasteiger partial charge < -0.3 is 10.1 Å². The van der Waals surface area contributed by atoms with Gasteiger partial charge in [0.1, 0.15) is 12.1 Å². The Kier molecular flexibility index (Phi) is 5.59. The molecule has 0 radical (unpaired) electrons. The fourth-order valence-corrected chi connectivity index (χ4v) is 2.57. The van der Waals surface area contributed by atoms with E-state index in [0.29, 0.717) is 11.3 Å². The molecule has 1 saturated carbocycles. The van der Waals surface area contributed by atoms with E-state index in [1.807, 2.05) is 11.0 Å². The van der Waals surface area contributed by atoms with Crippen LogP contribution in [0.4, 0.5) is 5.69 Å². The summed E-state index contributed by atoms with van der Waals surface area (Å²) in [6.45, 7) is 1.83. The van der Waals surface area contributed by atoms with E-state index in [9.17, 15) is 9.59 Å². The number of carbonyl (C=O) groups excluding carboxylic acids is 2. The summed E-state index contributed by atoms with van der Waals surface area (Å²) in [5, 5.41) is 11.9. The lowest BCUT2D eigenvalue weighted by molar-refractivity contribution is -0.146. The summed E-state index contributed by atoms with van der Waals surface area (Å²) in [6.07, 6.45) is 1.94. The molecule has 6 nitrogen and oxygen atoms in total. The second-order valence-corrected chi connectivity index (χ2v) is 5.86. The van der Waals surface area contributed by atoms with E-state index in [4.69, 9.17) is 21.6 Å². The third-order valence-electron chi connectivity index (χ3n) is 3.76. The predicted octanol–water partition coefficient (Wildman–Crippen LogP) is 2.18. The number of carbonyl (C=O) groups is 2. The number of benzene rings is 1. The number of anilines is 1. The molecule has 0 heterocycles. The third kappa shape index (κ3) is 4.44. The molecule has 0 spiro atoms. The molecule has 1 atom stereocenters. The predicted molar refractivity (Wildman–Crippen MR) is 86.0 cm³/mol. The maximum atomic E-state index is 12.2. The van der Waals surface area contributed by atoms with Crippen LogP contribution in [0.3, 0.4) is 0 Å². The zero-order valence-corrected chi connectivity index (χ0v) is 13.8. The van der Waals surface area contributed by atoms with Gasteiger partial charge in [0.05, 0.1) is 24.2 Å². The molecule has 1 aromatic carbocycles. The first-order valence-electron chi connectivity index (χ1n) is 7.29. The van der Waals surface area contributed by atoms with Crippen molar-refractivity contribution < 1.29 is 14.3 Å². The summed E-state index contributed by atoms with van der Waals surface area (Å²) in [5.41, 5.74) is 0.865.